The zero-order valence-corrected chi connectivity index (χ0v) is 9.83. The van der Waals surface area contributed by atoms with Gasteiger partial charge in [0.15, 0.2) is 0 Å². The second-order valence-electron chi connectivity index (χ2n) is 3.55. The van der Waals surface area contributed by atoms with Gasteiger partial charge in [-0.25, -0.2) is 4.21 Å². The van der Waals surface area contributed by atoms with Crippen molar-refractivity contribution in [1.29, 1.82) is 0 Å². The molecule has 0 bridgehead atoms. The van der Waals surface area contributed by atoms with Crippen molar-refractivity contribution in [3.8, 4) is 0 Å². The van der Waals surface area contributed by atoms with E-state index in [1.165, 1.54) is 0 Å². The van der Waals surface area contributed by atoms with Gasteiger partial charge in [0.05, 0.1) is 4.90 Å². The van der Waals surface area contributed by atoms with Crippen molar-refractivity contribution in [1.82, 2.24) is 0 Å². The first-order valence-electron chi connectivity index (χ1n) is 5.06. The molecule has 0 spiro atoms. The first kappa shape index (κ1) is 10.9. The summed E-state index contributed by atoms with van der Waals surface area (Å²) in [5.41, 5.74) is 1.98. The van der Waals surface area contributed by atoms with Crippen LogP contribution in [0, 0.1) is 6.92 Å². The van der Waals surface area contributed by atoms with Crippen LogP contribution in [0.25, 0.3) is 0 Å². The minimum Gasteiger partial charge on any atom is -0.301 e. The summed E-state index contributed by atoms with van der Waals surface area (Å²) in [6, 6.07) is 17.2. The van der Waals surface area contributed by atoms with Crippen molar-refractivity contribution in [3.63, 3.8) is 0 Å². The van der Waals surface area contributed by atoms with Crippen LogP contribution in [-0.4, -0.2) is 4.21 Å². The minimum atomic E-state index is -1.19. The summed E-state index contributed by atoms with van der Waals surface area (Å²) >= 11 is 0. The number of nitrogens with one attached hydrogen (secondary N) is 1. The first-order valence-corrected chi connectivity index (χ1v) is 6.21. The largest absolute Gasteiger partial charge is 0.301 e. The van der Waals surface area contributed by atoms with E-state index < -0.39 is 11.0 Å². The summed E-state index contributed by atoms with van der Waals surface area (Å²) < 4.78 is 14.9. The van der Waals surface area contributed by atoms with E-state index in [-0.39, 0.29) is 0 Å². The van der Waals surface area contributed by atoms with Gasteiger partial charge in [0.1, 0.15) is 11.0 Å². The number of hydrogen-bond donors (Lipinski definition) is 1. The van der Waals surface area contributed by atoms with E-state index in [1.54, 1.807) is 0 Å². The Labute approximate surface area is 97.9 Å². The fraction of sp³-hybridized carbons (Fsp3) is 0.0769. The molecule has 1 atom stereocenters. The smallest absolute Gasteiger partial charge is 0.150 e. The SMILES string of the molecule is Cc1cccc(S(=O)Nc2ccccc2)c1. The van der Waals surface area contributed by atoms with E-state index in [9.17, 15) is 4.21 Å². The molecule has 82 valence electrons. The first-order chi connectivity index (χ1) is 7.75. The molecule has 0 heterocycles. The molecule has 0 aliphatic carbocycles. The number of benzene rings is 2. The predicted octanol–water partition coefficient (Wildman–Crippen LogP) is 3.13. The number of hydrogen-bond acceptors (Lipinski definition) is 1. The van der Waals surface area contributed by atoms with E-state index in [2.05, 4.69) is 4.72 Å². The summed E-state index contributed by atoms with van der Waals surface area (Å²) in [6.45, 7) is 1.99. The molecule has 0 fully saturated rings. The van der Waals surface area contributed by atoms with Gasteiger partial charge >= 0.3 is 0 Å². The third-order valence-electron chi connectivity index (χ3n) is 2.19. The van der Waals surface area contributed by atoms with Crippen LogP contribution in [0.4, 0.5) is 5.69 Å². The summed E-state index contributed by atoms with van der Waals surface area (Å²) in [5, 5.41) is 0. The summed E-state index contributed by atoms with van der Waals surface area (Å²) in [6.07, 6.45) is 0. The molecule has 0 aliphatic heterocycles. The van der Waals surface area contributed by atoms with Gasteiger partial charge < -0.3 is 4.72 Å². The summed E-state index contributed by atoms with van der Waals surface area (Å²) in [5.74, 6) is 0. The Bertz CT molecular complexity index is 496. The second kappa shape index (κ2) is 4.94. The Morgan fingerprint density at radius 1 is 1.00 bits per heavy atom. The molecular formula is C13H13NOS. The normalized spacial score (nSPS) is 12.1. The number of rotatable bonds is 3. The lowest BCUT2D eigenvalue weighted by molar-refractivity contribution is 0.686. The van der Waals surface area contributed by atoms with Gasteiger partial charge in [-0.15, -0.1) is 0 Å². The Hall–Kier alpha value is -1.61. The minimum absolute atomic E-state index is 0.795. The molecule has 2 aromatic rings. The van der Waals surface area contributed by atoms with Crippen LogP contribution in [0.3, 0.4) is 0 Å². The second-order valence-corrected chi connectivity index (χ2v) is 4.77. The number of para-hydroxylation sites is 1. The Morgan fingerprint density at radius 3 is 2.44 bits per heavy atom. The van der Waals surface area contributed by atoms with Crippen molar-refractivity contribution in [2.75, 3.05) is 4.72 Å². The van der Waals surface area contributed by atoms with Gasteiger partial charge in [-0.1, -0.05) is 30.3 Å². The highest BCUT2D eigenvalue weighted by molar-refractivity contribution is 7.86. The summed E-state index contributed by atoms with van der Waals surface area (Å²) in [7, 11) is -1.19. The van der Waals surface area contributed by atoms with Crippen LogP contribution in [0.15, 0.2) is 59.5 Å². The highest BCUT2D eigenvalue weighted by Gasteiger charge is 2.03. The Kier molecular flexibility index (Phi) is 3.37. The maximum absolute atomic E-state index is 12.0. The standard InChI is InChI=1S/C13H13NOS/c1-11-6-5-9-13(10-11)16(15)14-12-7-3-2-4-8-12/h2-10,14H,1H3. The lowest BCUT2D eigenvalue weighted by Crippen LogP contribution is -2.04. The van der Waals surface area contributed by atoms with Crippen LogP contribution in [0.2, 0.25) is 0 Å². The van der Waals surface area contributed by atoms with Gasteiger partial charge in [-0.3, -0.25) is 0 Å². The maximum Gasteiger partial charge on any atom is 0.150 e. The average Bonchev–Trinajstić information content (AvgIpc) is 2.30. The van der Waals surface area contributed by atoms with Crippen LogP contribution in [-0.2, 0) is 11.0 Å². The molecule has 1 unspecified atom stereocenters. The lowest BCUT2D eigenvalue weighted by Gasteiger charge is -2.06. The average molecular weight is 231 g/mol. The molecule has 2 nitrogen and oxygen atoms in total. The topological polar surface area (TPSA) is 29.1 Å². The molecule has 0 saturated carbocycles. The molecule has 2 aromatic carbocycles. The number of anilines is 1. The van der Waals surface area contributed by atoms with E-state index >= 15 is 0 Å². The van der Waals surface area contributed by atoms with E-state index in [1.807, 2.05) is 61.5 Å². The highest BCUT2D eigenvalue weighted by Crippen LogP contribution is 2.13. The molecule has 0 radical (unpaired) electrons. The van der Waals surface area contributed by atoms with Crippen molar-refractivity contribution >= 4 is 16.7 Å². The molecule has 0 aromatic heterocycles. The predicted molar refractivity (Wildman–Crippen MR) is 67.7 cm³/mol. The Morgan fingerprint density at radius 2 is 1.75 bits per heavy atom. The molecule has 16 heavy (non-hydrogen) atoms. The van der Waals surface area contributed by atoms with Crippen LogP contribution >= 0.6 is 0 Å². The lowest BCUT2D eigenvalue weighted by atomic mass is 10.2. The quantitative estimate of drug-likeness (QED) is 0.864. The molecule has 0 saturated heterocycles. The zero-order valence-electron chi connectivity index (χ0n) is 9.01. The third kappa shape index (κ3) is 2.70. The van der Waals surface area contributed by atoms with Gasteiger partial charge in [0, 0.05) is 5.69 Å². The van der Waals surface area contributed by atoms with Crippen LogP contribution < -0.4 is 4.72 Å². The van der Waals surface area contributed by atoms with Crippen molar-refractivity contribution < 1.29 is 4.21 Å². The fourth-order valence-electron chi connectivity index (χ4n) is 1.40. The molecule has 0 amide bonds. The third-order valence-corrected chi connectivity index (χ3v) is 3.29. The van der Waals surface area contributed by atoms with Crippen molar-refractivity contribution in [3.05, 3.63) is 60.2 Å². The van der Waals surface area contributed by atoms with Crippen LogP contribution in [0.5, 0.6) is 0 Å². The van der Waals surface area contributed by atoms with Gasteiger partial charge in [0.2, 0.25) is 0 Å². The van der Waals surface area contributed by atoms with E-state index in [0.29, 0.717) is 0 Å². The van der Waals surface area contributed by atoms with Crippen molar-refractivity contribution in [2.45, 2.75) is 11.8 Å². The number of aryl methyl sites for hydroxylation is 1. The monoisotopic (exact) mass is 231 g/mol. The zero-order chi connectivity index (χ0) is 11.4. The molecule has 2 rings (SSSR count). The van der Waals surface area contributed by atoms with Gasteiger partial charge in [0.25, 0.3) is 0 Å². The molecular weight excluding hydrogens is 218 g/mol. The molecule has 0 aliphatic rings. The highest BCUT2D eigenvalue weighted by atomic mass is 32.2. The van der Waals surface area contributed by atoms with E-state index in [0.717, 1.165) is 16.1 Å². The fourth-order valence-corrected chi connectivity index (χ4v) is 2.37. The van der Waals surface area contributed by atoms with Crippen LogP contribution in [0.1, 0.15) is 5.56 Å². The van der Waals surface area contributed by atoms with Gasteiger partial charge in [-0.05, 0) is 36.8 Å². The molecule has 1 N–H and O–H groups in total. The Balaban J connectivity index is 2.15. The van der Waals surface area contributed by atoms with Gasteiger partial charge in [-0.2, -0.15) is 0 Å². The maximum atomic E-state index is 12.0. The molecule has 3 heteroatoms. The van der Waals surface area contributed by atoms with E-state index in [4.69, 9.17) is 0 Å². The summed E-state index contributed by atoms with van der Waals surface area (Å²) in [4.78, 5) is 0.795. The van der Waals surface area contributed by atoms with Crippen molar-refractivity contribution in [2.24, 2.45) is 0 Å².